The summed E-state index contributed by atoms with van der Waals surface area (Å²) >= 11 is 0. The second-order valence-electron chi connectivity index (χ2n) is 12.4. The van der Waals surface area contributed by atoms with E-state index in [4.69, 9.17) is 0 Å². The van der Waals surface area contributed by atoms with Gasteiger partial charge in [0.1, 0.15) is 0 Å². The molecule has 2 aromatic rings. The number of anilines is 2. The second kappa shape index (κ2) is 26.8. The number of hydrogen-bond acceptors (Lipinski definition) is 4. The molecule has 0 saturated carbocycles. The Bertz CT molecular complexity index is 986. The van der Waals surface area contributed by atoms with E-state index in [1.165, 1.54) is 103 Å². The van der Waals surface area contributed by atoms with E-state index < -0.39 is 0 Å². The number of azo groups is 1. The molecule has 0 aliphatic rings. The first-order chi connectivity index (χ1) is 22.6. The fourth-order valence-electron chi connectivity index (χ4n) is 5.32. The Morgan fingerprint density at radius 3 is 1.02 bits per heavy atom. The van der Waals surface area contributed by atoms with Crippen LogP contribution in [0.4, 0.5) is 32.3 Å². The highest BCUT2D eigenvalue weighted by Crippen LogP contribution is 2.22. The van der Waals surface area contributed by atoms with Crippen molar-refractivity contribution in [2.24, 2.45) is 10.2 Å². The summed E-state index contributed by atoms with van der Waals surface area (Å²) in [7, 11) is 0. The highest BCUT2D eigenvalue weighted by molar-refractivity contribution is 5.89. The monoisotopic (exact) mass is 634 g/mol. The van der Waals surface area contributed by atoms with Crippen LogP contribution >= 0.6 is 0 Å². The smallest absolute Gasteiger partial charge is 0.319 e. The first-order valence-corrected chi connectivity index (χ1v) is 18.3. The summed E-state index contributed by atoms with van der Waals surface area (Å²) in [5, 5.41) is 20.2. The van der Waals surface area contributed by atoms with Gasteiger partial charge in [-0.1, -0.05) is 129 Å². The molecular formula is C38H62N6O2. The van der Waals surface area contributed by atoms with Crippen LogP contribution in [0.25, 0.3) is 0 Å². The maximum absolute atomic E-state index is 12.2. The summed E-state index contributed by atoms with van der Waals surface area (Å²) in [5.41, 5.74) is 2.79. The fourth-order valence-corrected chi connectivity index (χ4v) is 5.32. The third-order valence-corrected chi connectivity index (χ3v) is 8.16. The third kappa shape index (κ3) is 20.6. The maximum Gasteiger partial charge on any atom is 0.319 e. The van der Waals surface area contributed by atoms with E-state index in [0.717, 1.165) is 25.7 Å². The number of carbonyl (C=O) groups is 2. The Balaban J connectivity index is 1.54. The summed E-state index contributed by atoms with van der Waals surface area (Å²) in [6.45, 7) is 5.88. The van der Waals surface area contributed by atoms with Crippen molar-refractivity contribution in [3.63, 3.8) is 0 Å². The van der Waals surface area contributed by atoms with Gasteiger partial charge in [0.15, 0.2) is 0 Å². The molecule has 0 unspecified atom stereocenters. The van der Waals surface area contributed by atoms with Crippen molar-refractivity contribution in [1.82, 2.24) is 10.6 Å². The van der Waals surface area contributed by atoms with Crippen LogP contribution < -0.4 is 21.3 Å². The van der Waals surface area contributed by atoms with Gasteiger partial charge in [-0.05, 0) is 61.4 Å². The van der Waals surface area contributed by atoms with E-state index in [9.17, 15) is 9.59 Å². The zero-order valence-corrected chi connectivity index (χ0v) is 28.9. The third-order valence-electron chi connectivity index (χ3n) is 8.16. The lowest BCUT2D eigenvalue weighted by Gasteiger charge is -2.08. The molecular weight excluding hydrogens is 572 g/mol. The van der Waals surface area contributed by atoms with Crippen molar-refractivity contribution in [3.8, 4) is 0 Å². The van der Waals surface area contributed by atoms with Crippen LogP contribution in [-0.2, 0) is 0 Å². The molecule has 0 radical (unpaired) electrons. The molecule has 2 rings (SSSR count). The topological polar surface area (TPSA) is 107 Å². The van der Waals surface area contributed by atoms with Crippen molar-refractivity contribution in [2.75, 3.05) is 23.7 Å². The van der Waals surface area contributed by atoms with Gasteiger partial charge in [0.2, 0.25) is 0 Å². The fraction of sp³-hybridized carbons (Fsp3) is 0.632. The lowest BCUT2D eigenvalue weighted by Crippen LogP contribution is -2.29. The molecule has 8 heteroatoms. The molecule has 0 aliphatic carbocycles. The van der Waals surface area contributed by atoms with Crippen LogP contribution in [0.5, 0.6) is 0 Å². The first kappa shape index (κ1) is 38.8. The van der Waals surface area contributed by atoms with Gasteiger partial charge >= 0.3 is 12.1 Å². The first-order valence-electron chi connectivity index (χ1n) is 18.3. The molecule has 0 spiro atoms. The number of hydrogen-bond donors (Lipinski definition) is 4. The quantitative estimate of drug-likeness (QED) is 0.0610. The standard InChI is InChI=1S/C38H62N6O2/c1-3-5-7-9-11-13-15-17-19-21-31-39-37(45)41-33-23-27-35(28-24-33)43-44-36-29-25-34(26-30-36)42-38(46)40-32-22-20-18-16-14-12-10-8-6-4-2/h23-30H,3-22,31-32H2,1-2H3,(H2,39,41,45)(H2,40,42,46). The van der Waals surface area contributed by atoms with Gasteiger partial charge < -0.3 is 21.3 Å². The summed E-state index contributed by atoms with van der Waals surface area (Å²) < 4.78 is 0. The van der Waals surface area contributed by atoms with E-state index in [0.29, 0.717) is 35.8 Å². The van der Waals surface area contributed by atoms with E-state index in [1.54, 1.807) is 0 Å². The summed E-state index contributed by atoms with van der Waals surface area (Å²) in [5.74, 6) is 0. The lowest BCUT2D eigenvalue weighted by molar-refractivity contribution is 0.251. The molecule has 2 aromatic carbocycles. The molecule has 4 amide bonds. The van der Waals surface area contributed by atoms with Crippen molar-refractivity contribution < 1.29 is 9.59 Å². The number of benzene rings is 2. The number of urea groups is 2. The van der Waals surface area contributed by atoms with E-state index in [-0.39, 0.29) is 12.1 Å². The largest absolute Gasteiger partial charge is 0.338 e. The molecule has 0 bridgehead atoms. The molecule has 4 N–H and O–H groups in total. The Morgan fingerprint density at radius 1 is 0.435 bits per heavy atom. The lowest BCUT2D eigenvalue weighted by atomic mass is 10.1. The minimum absolute atomic E-state index is 0.188. The minimum Gasteiger partial charge on any atom is -0.338 e. The van der Waals surface area contributed by atoms with Crippen LogP contribution in [-0.4, -0.2) is 25.2 Å². The molecule has 8 nitrogen and oxygen atoms in total. The molecule has 46 heavy (non-hydrogen) atoms. The average Bonchev–Trinajstić information content (AvgIpc) is 3.06. The van der Waals surface area contributed by atoms with E-state index >= 15 is 0 Å². The van der Waals surface area contributed by atoms with Crippen LogP contribution in [0.3, 0.4) is 0 Å². The molecule has 0 atom stereocenters. The Hall–Kier alpha value is -3.42. The van der Waals surface area contributed by atoms with Gasteiger partial charge in [-0.25, -0.2) is 9.59 Å². The SMILES string of the molecule is CCCCCCCCCCCCNC(=O)Nc1ccc(N=Nc2ccc(NC(=O)NCCCCCCCCCCCC)cc2)cc1. The Kier molecular flexibility index (Phi) is 22.6. The molecule has 0 aromatic heterocycles. The maximum atomic E-state index is 12.2. The normalized spacial score (nSPS) is 11.1. The molecule has 0 fully saturated rings. The number of amides is 4. The Labute approximate surface area is 279 Å². The zero-order chi connectivity index (χ0) is 32.9. The van der Waals surface area contributed by atoms with Crippen LogP contribution in [0.15, 0.2) is 58.8 Å². The molecule has 0 saturated heterocycles. The predicted molar refractivity (Wildman–Crippen MR) is 195 cm³/mol. The van der Waals surface area contributed by atoms with Gasteiger partial charge in [-0.3, -0.25) is 0 Å². The van der Waals surface area contributed by atoms with Gasteiger partial charge in [0, 0.05) is 24.5 Å². The van der Waals surface area contributed by atoms with Crippen molar-refractivity contribution in [1.29, 1.82) is 0 Å². The molecule has 0 heterocycles. The van der Waals surface area contributed by atoms with E-state index in [1.807, 2.05) is 48.5 Å². The van der Waals surface area contributed by atoms with Crippen molar-refractivity contribution >= 4 is 34.8 Å². The van der Waals surface area contributed by atoms with Gasteiger partial charge in [0.05, 0.1) is 11.4 Å². The number of carbonyl (C=O) groups excluding carboxylic acids is 2. The van der Waals surface area contributed by atoms with Gasteiger partial charge in [-0.15, -0.1) is 0 Å². The number of rotatable bonds is 26. The van der Waals surface area contributed by atoms with Crippen LogP contribution in [0.1, 0.15) is 142 Å². The van der Waals surface area contributed by atoms with E-state index in [2.05, 4.69) is 45.3 Å². The number of unbranched alkanes of at least 4 members (excludes halogenated alkanes) is 18. The van der Waals surface area contributed by atoms with Gasteiger partial charge in [-0.2, -0.15) is 10.2 Å². The zero-order valence-electron chi connectivity index (χ0n) is 28.9. The highest BCUT2D eigenvalue weighted by Gasteiger charge is 2.03. The average molecular weight is 635 g/mol. The summed E-state index contributed by atoms with van der Waals surface area (Å²) in [6.07, 6.45) is 25.6. The minimum atomic E-state index is -0.188. The second-order valence-corrected chi connectivity index (χ2v) is 12.4. The van der Waals surface area contributed by atoms with Crippen LogP contribution in [0.2, 0.25) is 0 Å². The summed E-state index contributed by atoms with van der Waals surface area (Å²) in [4.78, 5) is 24.4. The number of nitrogens with zero attached hydrogens (tertiary/aromatic N) is 2. The van der Waals surface area contributed by atoms with Crippen molar-refractivity contribution in [3.05, 3.63) is 48.5 Å². The Morgan fingerprint density at radius 2 is 0.717 bits per heavy atom. The number of nitrogens with one attached hydrogen (secondary N) is 4. The van der Waals surface area contributed by atoms with Crippen LogP contribution in [0, 0.1) is 0 Å². The molecule has 0 aliphatic heterocycles. The molecule has 256 valence electrons. The van der Waals surface area contributed by atoms with Gasteiger partial charge in [0.25, 0.3) is 0 Å². The summed E-state index contributed by atoms with van der Waals surface area (Å²) in [6, 6.07) is 14.1. The highest BCUT2D eigenvalue weighted by atomic mass is 16.2. The van der Waals surface area contributed by atoms with Crippen molar-refractivity contribution in [2.45, 2.75) is 142 Å². The predicted octanol–water partition coefficient (Wildman–Crippen LogP) is 12.2.